The molecule has 1 aliphatic carbocycles. The molecule has 5 heteroatoms. The lowest BCUT2D eigenvalue weighted by molar-refractivity contribution is -0.385. The quantitative estimate of drug-likeness (QED) is 0.670. The Hall–Kier alpha value is -2.09. The molecule has 2 unspecified atom stereocenters. The van der Waals surface area contributed by atoms with E-state index < -0.39 is 4.92 Å². The second-order valence-electron chi connectivity index (χ2n) is 5.62. The molecule has 1 saturated carbocycles. The van der Waals surface area contributed by atoms with E-state index >= 15 is 0 Å². The van der Waals surface area contributed by atoms with Gasteiger partial charge < -0.3 is 5.32 Å². The van der Waals surface area contributed by atoms with E-state index in [1.807, 2.05) is 6.07 Å². The standard InChI is InChI=1S/C15H19N3O2/c1-11-3-2-4-12(7-11)10-17-14-6-5-13(9-16)15(8-14)18(19)20/h5-6,8,11-12,17H,2-4,7,10H2,1H3. The molecule has 0 bridgehead atoms. The molecule has 0 aromatic heterocycles. The van der Waals surface area contributed by atoms with Crippen LogP contribution in [-0.4, -0.2) is 11.5 Å². The molecule has 0 heterocycles. The van der Waals surface area contributed by atoms with Crippen LogP contribution in [0, 0.1) is 33.3 Å². The number of hydrogen-bond acceptors (Lipinski definition) is 4. The summed E-state index contributed by atoms with van der Waals surface area (Å²) < 4.78 is 0. The van der Waals surface area contributed by atoms with Gasteiger partial charge in [-0.25, -0.2) is 0 Å². The van der Waals surface area contributed by atoms with Crippen molar-refractivity contribution in [3.8, 4) is 6.07 Å². The molecule has 1 aromatic carbocycles. The third-order valence-corrected chi connectivity index (χ3v) is 3.95. The Labute approximate surface area is 118 Å². The third-order valence-electron chi connectivity index (χ3n) is 3.95. The van der Waals surface area contributed by atoms with Crippen LogP contribution in [-0.2, 0) is 0 Å². The largest absolute Gasteiger partial charge is 0.385 e. The van der Waals surface area contributed by atoms with E-state index in [1.54, 1.807) is 6.07 Å². The van der Waals surface area contributed by atoms with Gasteiger partial charge in [-0.2, -0.15) is 5.26 Å². The molecule has 106 valence electrons. The smallest absolute Gasteiger partial charge is 0.289 e. The molecule has 1 aliphatic rings. The highest BCUT2D eigenvalue weighted by Crippen LogP contribution is 2.29. The molecule has 1 aromatic rings. The molecule has 0 aliphatic heterocycles. The van der Waals surface area contributed by atoms with Crippen LogP contribution in [0.4, 0.5) is 11.4 Å². The summed E-state index contributed by atoms with van der Waals surface area (Å²) in [6.07, 6.45) is 5.00. The van der Waals surface area contributed by atoms with E-state index in [1.165, 1.54) is 37.8 Å². The van der Waals surface area contributed by atoms with Crippen molar-refractivity contribution in [1.82, 2.24) is 0 Å². The van der Waals surface area contributed by atoms with Gasteiger partial charge in [-0.05, 0) is 36.8 Å². The Bertz CT molecular complexity index is 536. The molecule has 0 radical (unpaired) electrons. The van der Waals surface area contributed by atoms with E-state index in [0.717, 1.165) is 12.5 Å². The van der Waals surface area contributed by atoms with Crippen molar-refractivity contribution in [2.24, 2.45) is 11.8 Å². The number of hydrogen-bond donors (Lipinski definition) is 1. The summed E-state index contributed by atoms with van der Waals surface area (Å²) in [5.74, 6) is 1.40. The molecule has 5 nitrogen and oxygen atoms in total. The predicted octanol–water partition coefficient (Wildman–Crippen LogP) is 3.70. The Morgan fingerprint density at radius 3 is 2.95 bits per heavy atom. The first-order chi connectivity index (χ1) is 9.60. The number of rotatable bonds is 4. The van der Waals surface area contributed by atoms with Crippen molar-refractivity contribution >= 4 is 11.4 Å². The lowest BCUT2D eigenvalue weighted by Gasteiger charge is -2.27. The second-order valence-corrected chi connectivity index (χ2v) is 5.62. The summed E-state index contributed by atoms with van der Waals surface area (Å²) in [7, 11) is 0. The first-order valence-electron chi connectivity index (χ1n) is 7.02. The van der Waals surface area contributed by atoms with Crippen LogP contribution in [0.15, 0.2) is 18.2 Å². The van der Waals surface area contributed by atoms with E-state index in [2.05, 4.69) is 12.2 Å². The van der Waals surface area contributed by atoms with Gasteiger partial charge in [0.2, 0.25) is 0 Å². The lowest BCUT2D eigenvalue weighted by Crippen LogP contribution is -2.21. The molecule has 0 spiro atoms. The summed E-state index contributed by atoms with van der Waals surface area (Å²) in [5, 5.41) is 23.0. The van der Waals surface area contributed by atoms with Crippen molar-refractivity contribution in [2.75, 3.05) is 11.9 Å². The minimum atomic E-state index is -0.508. The number of nitriles is 1. The van der Waals surface area contributed by atoms with Gasteiger partial charge in [-0.1, -0.05) is 19.8 Å². The molecule has 0 saturated heterocycles. The minimum absolute atomic E-state index is 0.104. The topological polar surface area (TPSA) is 79.0 Å². The van der Waals surface area contributed by atoms with Gasteiger partial charge in [-0.3, -0.25) is 10.1 Å². The van der Waals surface area contributed by atoms with Crippen molar-refractivity contribution < 1.29 is 4.92 Å². The number of nitrogens with one attached hydrogen (secondary N) is 1. The van der Waals surface area contributed by atoms with Gasteiger partial charge in [0.05, 0.1) is 4.92 Å². The van der Waals surface area contributed by atoms with Crippen molar-refractivity contribution in [3.63, 3.8) is 0 Å². The second kappa shape index (κ2) is 6.38. The number of benzene rings is 1. The summed E-state index contributed by atoms with van der Waals surface area (Å²) in [6, 6.07) is 6.53. The molecule has 1 fully saturated rings. The molecular weight excluding hydrogens is 254 g/mol. The maximum absolute atomic E-state index is 10.9. The maximum Gasteiger partial charge on any atom is 0.289 e. The van der Waals surface area contributed by atoms with E-state index in [-0.39, 0.29) is 11.3 Å². The molecule has 2 atom stereocenters. The monoisotopic (exact) mass is 273 g/mol. The van der Waals surface area contributed by atoms with Gasteiger partial charge in [0.1, 0.15) is 11.6 Å². The van der Waals surface area contributed by atoms with Crippen LogP contribution in [0.5, 0.6) is 0 Å². The minimum Gasteiger partial charge on any atom is -0.385 e. The Kier molecular flexibility index (Phi) is 4.57. The molecule has 1 N–H and O–H groups in total. The maximum atomic E-state index is 10.9. The van der Waals surface area contributed by atoms with Crippen LogP contribution < -0.4 is 5.32 Å². The Morgan fingerprint density at radius 2 is 2.30 bits per heavy atom. The van der Waals surface area contributed by atoms with E-state index in [9.17, 15) is 10.1 Å². The normalized spacial score (nSPS) is 22.0. The van der Waals surface area contributed by atoms with Crippen LogP contribution in [0.1, 0.15) is 38.2 Å². The number of nitrogens with zero attached hydrogens (tertiary/aromatic N) is 2. The number of nitro groups is 1. The zero-order valence-corrected chi connectivity index (χ0v) is 11.6. The van der Waals surface area contributed by atoms with Gasteiger partial charge in [-0.15, -0.1) is 0 Å². The van der Waals surface area contributed by atoms with Crippen molar-refractivity contribution in [2.45, 2.75) is 32.6 Å². The third kappa shape index (κ3) is 3.47. The first kappa shape index (κ1) is 14.3. The van der Waals surface area contributed by atoms with Crippen LogP contribution in [0.25, 0.3) is 0 Å². The van der Waals surface area contributed by atoms with E-state index in [4.69, 9.17) is 5.26 Å². The molecule has 2 rings (SSSR count). The lowest BCUT2D eigenvalue weighted by atomic mass is 9.82. The van der Waals surface area contributed by atoms with Gasteiger partial charge in [0.25, 0.3) is 5.69 Å². The predicted molar refractivity (Wildman–Crippen MR) is 77.4 cm³/mol. The average Bonchev–Trinajstić information content (AvgIpc) is 2.45. The summed E-state index contributed by atoms with van der Waals surface area (Å²) in [6.45, 7) is 3.12. The zero-order valence-electron chi connectivity index (χ0n) is 11.6. The molecular formula is C15H19N3O2. The van der Waals surface area contributed by atoms with Crippen molar-refractivity contribution in [1.29, 1.82) is 5.26 Å². The fourth-order valence-corrected chi connectivity index (χ4v) is 2.89. The highest BCUT2D eigenvalue weighted by atomic mass is 16.6. The van der Waals surface area contributed by atoms with Gasteiger partial charge in [0, 0.05) is 18.3 Å². The number of anilines is 1. The summed E-state index contributed by atoms with van der Waals surface area (Å²) >= 11 is 0. The first-order valence-corrected chi connectivity index (χ1v) is 7.02. The summed E-state index contributed by atoms with van der Waals surface area (Å²) in [5.41, 5.74) is 0.690. The Balaban J connectivity index is 2.01. The SMILES string of the molecule is CC1CCCC(CNc2ccc(C#N)c([N+](=O)[O-])c2)C1. The fourth-order valence-electron chi connectivity index (χ4n) is 2.89. The average molecular weight is 273 g/mol. The van der Waals surface area contributed by atoms with Crippen LogP contribution in [0.3, 0.4) is 0 Å². The zero-order chi connectivity index (χ0) is 14.5. The number of nitro benzene ring substituents is 1. The van der Waals surface area contributed by atoms with Gasteiger partial charge in [0.15, 0.2) is 0 Å². The highest BCUT2D eigenvalue weighted by Gasteiger charge is 2.19. The Morgan fingerprint density at radius 1 is 1.50 bits per heavy atom. The van der Waals surface area contributed by atoms with Gasteiger partial charge >= 0.3 is 0 Å². The van der Waals surface area contributed by atoms with Crippen LogP contribution >= 0.6 is 0 Å². The van der Waals surface area contributed by atoms with E-state index in [0.29, 0.717) is 11.6 Å². The molecule has 0 amide bonds. The highest BCUT2D eigenvalue weighted by molar-refractivity contribution is 5.59. The van der Waals surface area contributed by atoms with Crippen LogP contribution in [0.2, 0.25) is 0 Å². The summed E-state index contributed by atoms with van der Waals surface area (Å²) in [4.78, 5) is 10.4. The molecule has 20 heavy (non-hydrogen) atoms. The van der Waals surface area contributed by atoms with Crippen molar-refractivity contribution in [3.05, 3.63) is 33.9 Å². The fraction of sp³-hybridized carbons (Fsp3) is 0.533.